The summed E-state index contributed by atoms with van der Waals surface area (Å²) in [5.74, 6) is 1.04. The average molecular weight is 752 g/mol. The molecule has 0 radical (unpaired) electrons. The van der Waals surface area contributed by atoms with Crippen molar-refractivity contribution in [3.8, 4) is 23.0 Å². The number of allylic oxidation sites excluding steroid dienone is 1. The Morgan fingerprint density at radius 2 is 1.87 bits per heavy atom. The van der Waals surface area contributed by atoms with Crippen molar-refractivity contribution in [3.63, 3.8) is 0 Å². The van der Waals surface area contributed by atoms with Crippen molar-refractivity contribution in [2.75, 3.05) is 27.4 Å². The number of carbonyl (C=O) groups is 2. The van der Waals surface area contributed by atoms with E-state index in [4.69, 9.17) is 46.9 Å². The molecule has 2 atom stereocenters. The van der Waals surface area contributed by atoms with Gasteiger partial charge in [-0.3, -0.25) is 5.43 Å². The first kappa shape index (κ1) is 35.7. The highest BCUT2D eigenvalue weighted by atomic mass is 79.9. The van der Waals surface area contributed by atoms with Crippen LogP contribution in [-0.2, 0) is 16.1 Å². The van der Waals surface area contributed by atoms with Crippen LogP contribution in [0.4, 0.5) is 4.79 Å². The van der Waals surface area contributed by atoms with Crippen LogP contribution in [0.25, 0.3) is 0 Å². The van der Waals surface area contributed by atoms with E-state index in [1.54, 1.807) is 62.4 Å². The molecule has 4 N–H and O–H groups in total. The summed E-state index contributed by atoms with van der Waals surface area (Å²) in [6.45, 7) is 3.76. The van der Waals surface area contributed by atoms with Gasteiger partial charge in [0.05, 0.1) is 43.1 Å². The molecule has 12 nitrogen and oxygen atoms in total. The Morgan fingerprint density at radius 3 is 2.57 bits per heavy atom. The summed E-state index contributed by atoms with van der Waals surface area (Å²) in [7, 11) is 2.79. The van der Waals surface area contributed by atoms with E-state index in [2.05, 4.69) is 37.1 Å². The van der Waals surface area contributed by atoms with Gasteiger partial charge in [-0.2, -0.15) is 5.10 Å². The highest BCUT2D eigenvalue weighted by Gasteiger charge is 2.32. The first-order chi connectivity index (χ1) is 22.5. The molecular weight excluding hydrogens is 719 g/mol. The van der Waals surface area contributed by atoms with Gasteiger partial charge in [-0.05, 0) is 77.3 Å². The maximum absolute atomic E-state index is 12.5. The SMILES string of the molecule is CCOc1cc([C@@H]2NC(=O)NC(C)=C2C(=O)OC)ccc1OC[C@@H](O)N/N=C\c1cc(Br)c(OCc2ccc(Cl)cc2Cl)c(OC)c1. The average Bonchev–Trinajstić information content (AvgIpc) is 3.03. The van der Waals surface area contributed by atoms with E-state index >= 15 is 0 Å². The number of aliphatic hydroxyl groups excluding tert-OH is 1. The second-order valence-corrected chi connectivity index (χ2v) is 11.7. The lowest BCUT2D eigenvalue weighted by molar-refractivity contribution is -0.136. The molecule has 250 valence electrons. The number of aliphatic hydroxyl groups is 1. The van der Waals surface area contributed by atoms with Gasteiger partial charge >= 0.3 is 12.0 Å². The van der Waals surface area contributed by atoms with Gasteiger partial charge < -0.3 is 39.4 Å². The molecule has 3 aromatic rings. The Labute approximate surface area is 290 Å². The summed E-state index contributed by atoms with van der Waals surface area (Å²) in [6.07, 6.45) is 0.316. The van der Waals surface area contributed by atoms with E-state index in [9.17, 15) is 14.7 Å². The van der Waals surface area contributed by atoms with Gasteiger partial charge in [0.2, 0.25) is 0 Å². The maximum Gasteiger partial charge on any atom is 0.337 e. The number of urea groups is 1. The number of hydrazone groups is 1. The molecule has 0 saturated carbocycles. The number of nitrogens with one attached hydrogen (secondary N) is 3. The Morgan fingerprint density at radius 1 is 1.09 bits per heavy atom. The maximum atomic E-state index is 12.5. The van der Waals surface area contributed by atoms with Crippen LogP contribution in [0.5, 0.6) is 23.0 Å². The molecule has 1 aliphatic heterocycles. The predicted octanol–water partition coefficient (Wildman–Crippen LogP) is 5.86. The lowest BCUT2D eigenvalue weighted by atomic mass is 9.95. The minimum Gasteiger partial charge on any atom is -0.493 e. The number of amides is 2. The zero-order chi connectivity index (χ0) is 34.1. The van der Waals surface area contributed by atoms with E-state index in [1.807, 2.05) is 0 Å². The van der Waals surface area contributed by atoms with E-state index in [-0.39, 0.29) is 18.8 Å². The number of ether oxygens (including phenoxy) is 5. The van der Waals surface area contributed by atoms with Crippen molar-refractivity contribution >= 4 is 57.3 Å². The number of carbonyl (C=O) groups excluding carboxylic acids is 2. The number of hydrogen-bond acceptors (Lipinski definition) is 10. The van der Waals surface area contributed by atoms with Crippen molar-refractivity contribution in [1.82, 2.24) is 16.1 Å². The fourth-order valence-corrected chi connectivity index (χ4v) is 5.60. The van der Waals surface area contributed by atoms with Crippen LogP contribution in [0, 0.1) is 0 Å². The van der Waals surface area contributed by atoms with Crippen molar-refractivity contribution in [3.05, 3.63) is 91.0 Å². The fourth-order valence-electron chi connectivity index (χ4n) is 4.56. The fraction of sp³-hybridized carbons (Fsp3) is 0.281. The van der Waals surface area contributed by atoms with Crippen molar-refractivity contribution in [2.45, 2.75) is 32.7 Å². The Bertz CT molecular complexity index is 1690. The molecule has 3 aromatic carbocycles. The van der Waals surface area contributed by atoms with E-state index < -0.39 is 24.3 Å². The van der Waals surface area contributed by atoms with Crippen LogP contribution in [0.15, 0.2) is 69.4 Å². The highest BCUT2D eigenvalue weighted by Crippen LogP contribution is 2.38. The van der Waals surface area contributed by atoms with Gasteiger partial charge in [-0.25, -0.2) is 9.59 Å². The molecule has 47 heavy (non-hydrogen) atoms. The molecule has 15 heteroatoms. The molecule has 0 unspecified atom stereocenters. The summed E-state index contributed by atoms with van der Waals surface area (Å²) < 4.78 is 28.6. The molecule has 0 fully saturated rings. The Kier molecular flexibility index (Phi) is 12.6. The second-order valence-electron chi connectivity index (χ2n) is 9.97. The molecule has 2 amide bonds. The van der Waals surface area contributed by atoms with Gasteiger partial charge in [-0.1, -0.05) is 35.3 Å². The molecular formula is C32H33BrCl2N4O8. The third kappa shape index (κ3) is 9.22. The van der Waals surface area contributed by atoms with Crippen molar-refractivity contribution in [1.29, 1.82) is 0 Å². The van der Waals surface area contributed by atoms with Crippen LogP contribution < -0.4 is 35.0 Å². The van der Waals surface area contributed by atoms with Gasteiger partial charge in [0.25, 0.3) is 0 Å². The number of esters is 1. The number of rotatable bonds is 14. The Hall–Kier alpha value is -4.17. The van der Waals surface area contributed by atoms with Crippen LogP contribution in [-0.4, -0.2) is 57.0 Å². The molecule has 0 aliphatic carbocycles. The molecule has 1 aliphatic rings. The molecule has 0 saturated heterocycles. The van der Waals surface area contributed by atoms with Gasteiger partial charge in [0.1, 0.15) is 13.2 Å². The van der Waals surface area contributed by atoms with E-state index in [1.165, 1.54) is 20.4 Å². The topological polar surface area (TPSA) is 149 Å². The normalized spacial score (nSPS) is 15.1. The standard InChI is InChI=1S/C32H33BrCl2N4O8/c1-5-45-25-12-19(29-28(31(41)44-4)17(2)37-32(42)38-29)7-9-24(25)46-16-27(40)39-36-14-18-10-22(33)30(26(11-18)43-3)47-15-20-6-8-21(34)13-23(20)35/h6-14,27,29,39-40H,5,15-16H2,1-4H3,(H2,37,38,42)/b36-14-/t27-,29+/m1/s1. The number of nitrogens with zero attached hydrogens (tertiary/aromatic N) is 1. The highest BCUT2D eigenvalue weighted by molar-refractivity contribution is 9.10. The minimum atomic E-state index is -1.18. The van der Waals surface area contributed by atoms with Crippen molar-refractivity contribution in [2.24, 2.45) is 5.10 Å². The summed E-state index contributed by atoms with van der Waals surface area (Å²) in [5, 5.41) is 21.0. The third-order valence-corrected chi connectivity index (χ3v) is 7.92. The summed E-state index contributed by atoms with van der Waals surface area (Å²) in [6, 6.07) is 12.4. The second kappa shape index (κ2) is 16.6. The van der Waals surface area contributed by atoms with Gasteiger partial charge in [0, 0.05) is 21.3 Å². The molecule has 0 bridgehead atoms. The Balaban J connectivity index is 1.39. The zero-order valence-corrected chi connectivity index (χ0v) is 29.0. The first-order valence-electron chi connectivity index (χ1n) is 14.2. The number of halogens is 3. The quantitative estimate of drug-likeness (QED) is 0.0688. The largest absolute Gasteiger partial charge is 0.493 e. The smallest absolute Gasteiger partial charge is 0.337 e. The molecule has 0 aromatic heterocycles. The third-order valence-electron chi connectivity index (χ3n) is 6.75. The van der Waals surface area contributed by atoms with E-state index in [0.717, 1.165) is 5.56 Å². The number of benzene rings is 3. The molecule has 0 spiro atoms. The number of hydrogen-bond donors (Lipinski definition) is 4. The van der Waals surface area contributed by atoms with Crippen LogP contribution in [0.1, 0.15) is 36.6 Å². The van der Waals surface area contributed by atoms with E-state index in [0.29, 0.717) is 60.9 Å². The summed E-state index contributed by atoms with van der Waals surface area (Å²) in [5.41, 5.74) is 5.24. The monoisotopic (exact) mass is 750 g/mol. The lowest BCUT2D eigenvalue weighted by Crippen LogP contribution is -2.45. The van der Waals surface area contributed by atoms with Gasteiger partial charge in [-0.15, -0.1) is 0 Å². The van der Waals surface area contributed by atoms with Gasteiger partial charge in [0.15, 0.2) is 29.2 Å². The predicted molar refractivity (Wildman–Crippen MR) is 180 cm³/mol. The molecule has 1 heterocycles. The lowest BCUT2D eigenvalue weighted by Gasteiger charge is -2.28. The van der Waals surface area contributed by atoms with Crippen LogP contribution >= 0.6 is 39.1 Å². The molecule has 4 rings (SSSR count). The van der Waals surface area contributed by atoms with Crippen molar-refractivity contribution < 1.29 is 38.4 Å². The number of methoxy groups -OCH3 is 2. The van der Waals surface area contributed by atoms with Crippen LogP contribution in [0.3, 0.4) is 0 Å². The first-order valence-corrected chi connectivity index (χ1v) is 15.8. The van der Waals surface area contributed by atoms with Crippen LogP contribution in [0.2, 0.25) is 10.0 Å². The summed E-state index contributed by atoms with van der Waals surface area (Å²) >= 11 is 15.8. The summed E-state index contributed by atoms with van der Waals surface area (Å²) in [4.78, 5) is 24.6. The zero-order valence-electron chi connectivity index (χ0n) is 25.9. The minimum absolute atomic E-state index is 0.180.